The number of hydrogen-bond acceptors (Lipinski definition) is 6. The second-order valence-corrected chi connectivity index (χ2v) is 6.17. The molecule has 1 aliphatic rings. The summed E-state index contributed by atoms with van der Waals surface area (Å²) in [5.41, 5.74) is 0.531. The summed E-state index contributed by atoms with van der Waals surface area (Å²) in [6.07, 6.45) is -1.10. The van der Waals surface area contributed by atoms with Crippen molar-refractivity contribution in [1.82, 2.24) is 5.32 Å². The van der Waals surface area contributed by atoms with Gasteiger partial charge in [0.1, 0.15) is 25.6 Å². The summed E-state index contributed by atoms with van der Waals surface area (Å²) in [7, 11) is 0. The van der Waals surface area contributed by atoms with Crippen molar-refractivity contribution in [2.24, 2.45) is 0 Å². The van der Waals surface area contributed by atoms with E-state index in [-0.39, 0.29) is 5.56 Å². The largest absolute Gasteiger partial charge is 0.486 e. The van der Waals surface area contributed by atoms with E-state index >= 15 is 0 Å². The molecule has 3 rings (SSSR count). The molecule has 1 aliphatic heterocycles. The summed E-state index contributed by atoms with van der Waals surface area (Å²) in [5.74, 6) is -1.45. The molecule has 8 nitrogen and oxygen atoms in total. The Morgan fingerprint density at radius 1 is 1.10 bits per heavy atom. The Bertz CT molecular complexity index is 933. The van der Waals surface area contributed by atoms with E-state index in [4.69, 9.17) is 14.2 Å². The number of halogens is 1. The number of hydrogen-bond donors (Lipinski definition) is 2. The summed E-state index contributed by atoms with van der Waals surface area (Å²) in [5, 5.41) is 4.93. The van der Waals surface area contributed by atoms with Crippen LogP contribution in [0.4, 0.5) is 10.1 Å². The maximum atomic E-state index is 13.1. The molecule has 0 radical (unpaired) electrons. The van der Waals surface area contributed by atoms with Gasteiger partial charge in [0, 0.05) is 17.3 Å². The van der Waals surface area contributed by atoms with Gasteiger partial charge in [-0.15, -0.1) is 0 Å². The molecule has 0 saturated carbocycles. The lowest BCUT2D eigenvalue weighted by atomic mass is 10.2. The van der Waals surface area contributed by atoms with Crippen LogP contribution in [0, 0.1) is 5.82 Å². The van der Waals surface area contributed by atoms with Gasteiger partial charge in [-0.3, -0.25) is 14.4 Å². The predicted octanol–water partition coefficient (Wildman–Crippen LogP) is 1.90. The molecule has 0 aliphatic carbocycles. The molecule has 0 bridgehead atoms. The molecule has 152 valence electrons. The van der Waals surface area contributed by atoms with Crippen molar-refractivity contribution in [3.63, 3.8) is 0 Å². The van der Waals surface area contributed by atoms with E-state index < -0.39 is 36.2 Å². The van der Waals surface area contributed by atoms with Crippen LogP contribution in [0.2, 0.25) is 0 Å². The van der Waals surface area contributed by atoms with E-state index in [0.717, 1.165) is 6.07 Å². The van der Waals surface area contributed by atoms with Crippen molar-refractivity contribution in [2.75, 3.05) is 25.1 Å². The second kappa shape index (κ2) is 9.05. The van der Waals surface area contributed by atoms with E-state index in [1.165, 1.54) is 25.1 Å². The van der Waals surface area contributed by atoms with Crippen LogP contribution < -0.4 is 20.1 Å². The fraction of sp³-hybridized carbons (Fsp3) is 0.250. The fourth-order valence-electron chi connectivity index (χ4n) is 2.54. The Hall–Kier alpha value is -3.62. The quantitative estimate of drug-likeness (QED) is 0.716. The third kappa shape index (κ3) is 5.44. The number of carbonyl (C=O) groups excluding carboxylic acids is 3. The van der Waals surface area contributed by atoms with Crippen molar-refractivity contribution < 1.29 is 33.0 Å². The number of carbonyl (C=O) groups is 3. The van der Waals surface area contributed by atoms with Gasteiger partial charge in [-0.1, -0.05) is 6.07 Å². The molecular formula is C20H19FN2O6. The zero-order valence-electron chi connectivity index (χ0n) is 15.6. The molecule has 0 unspecified atom stereocenters. The average molecular weight is 402 g/mol. The van der Waals surface area contributed by atoms with Crippen LogP contribution in [0.1, 0.15) is 17.3 Å². The minimum Gasteiger partial charge on any atom is -0.486 e. The lowest BCUT2D eigenvalue weighted by molar-refractivity contribution is -0.152. The zero-order chi connectivity index (χ0) is 20.8. The lowest BCUT2D eigenvalue weighted by Crippen LogP contribution is -2.35. The average Bonchev–Trinajstić information content (AvgIpc) is 2.71. The van der Waals surface area contributed by atoms with Gasteiger partial charge in [-0.2, -0.15) is 0 Å². The van der Waals surface area contributed by atoms with Crippen molar-refractivity contribution >= 4 is 23.5 Å². The number of fused-ring (bicyclic) bond motifs is 1. The zero-order valence-corrected chi connectivity index (χ0v) is 15.6. The topological polar surface area (TPSA) is 103 Å². The highest BCUT2D eigenvalue weighted by atomic mass is 19.1. The molecule has 0 aromatic heterocycles. The van der Waals surface area contributed by atoms with Gasteiger partial charge >= 0.3 is 5.97 Å². The fourth-order valence-corrected chi connectivity index (χ4v) is 2.54. The summed E-state index contributed by atoms with van der Waals surface area (Å²) in [6, 6.07) is 9.96. The van der Waals surface area contributed by atoms with Crippen LogP contribution in [-0.2, 0) is 14.3 Å². The molecular weight excluding hydrogens is 383 g/mol. The van der Waals surface area contributed by atoms with Crippen molar-refractivity contribution in [3.8, 4) is 11.5 Å². The van der Waals surface area contributed by atoms with Crippen LogP contribution in [0.15, 0.2) is 42.5 Å². The van der Waals surface area contributed by atoms with Crippen molar-refractivity contribution in [3.05, 3.63) is 53.8 Å². The first-order chi connectivity index (χ1) is 13.9. The smallest absolute Gasteiger partial charge is 0.326 e. The van der Waals surface area contributed by atoms with Gasteiger partial charge in [0.15, 0.2) is 17.6 Å². The van der Waals surface area contributed by atoms with Crippen LogP contribution >= 0.6 is 0 Å². The number of anilines is 1. The minimum absolute atomic E-state index is 0.0715. The molecule has 0 spiro atoms. The molecule has 0 fully saturated rings. The maximum Gasteiger partial charge on any atom is 0.326 e. The number of rotatable bonds is 6. The van der Waals surface area contributed by atoms with Gasteiger partial charge < -0.3 is 24.8 Å². The Kier molecular flexibility index (Phi) is 6.28. The van der Waals surface area contributed by atoms with Gasteiger partial charge in [-0.05, 0) is 37.3 Å². The molecule has 2 amide bonds. The van der Waals surface area contributed by atoms with Gasteiger partial charge in [0.25, 0.3) is 11.8 Å². The highest BCUT2D eigenvalue weighted by Crippen LogP contribution is 2.32. The second-order valence-electron chi connectivity index (χ2n) is 6.17. The number of benzene rings is 2. The van der Waals surface area contributed by atoms with E-state index in [0.29, 0.717) is 30.4 Å². The molecule has 2 aromatic carbocycles. The van der Waals surface area contributed by atoms with Gasteiger partial charge in [0.2, 0.25) is 0 Å². The molecule has 1 atom stereocenters. The van der Waals surface area contributed by atoms with E-state index in [1.807, 2.05) is 0 Å². The lowest BCUT2D eigenvalue weighted by Gasteiger charge is -2.19. The summed E-state index contributed by atoms with van der Waals surface area (Å²) >= 11 is 0. The van der Waals surface area contributed by atoms with Gasteiger partial charge in [-0.25, -0.2) is 4.39 Å². The monoisotopic (exact) mass is 402 g/mol. The number of nitrogens with one attached hydrogen (secondary N) is 2. The van der Waals surface area contributed by atoms with E-state index in [9.17, 15) is 18.8 Å². The molecule has 1 heterocycles. The Morgan fingerprint density at radius 3 is 2.62 bits per heavy atom. The van der Waals surface area contributed by atoms with Crippen LogP contribution in [-0.4, -0.2) is 43.6 Å². The molecule has 2 N–H and O–H groups in total. The maximum absolute atomic E-state index is 13.1. The van der Waals surface area contributed by atoms with Crippen LogP contribution in [0.5, 0.6) is 11.5 Å². The summed E-state index contributed by atoms with van der Waals surface area (Å²) in [4.78, 5) is 36.0. The van der Waals surface area contributed by atoms with Crippen LogP contribution in [0.25, 0.3) is 0 Å². The highest BCUT2D eigenvalue weighted by Gasteiger charge is 2.20. The SMILES string of the molecule is C[C@@H](OC(=O)CNC(=O)c1cccc(F)c1)C(=O)Nc1ccc2c(c1)OCCO2. The Morgan fingerprint density at radius 2 is 1.86 bits per heavy atom. The molecule has 2 aromatic rings. The van der Waals surface area contributed by atoms with Crippen molar-refractivity contribution in [2.45, 2.75) is 13.0 Å². The minimum atomic E-state index is -1.10. The molecule has 29 heavy (non-hydrogen) atoms. The van der Waals surface area contributed by atoms with E-state index in [2.05, 4.69) is 10.6 Å². The first-order valence-electron chi connectivity index (χ1n) is 8.86. The third-order valence-electron chi connectivity index (χ3n) is 3.97. The van der Waals surface area contributed by atoms with Crippen molar-refractivity contribution in [1.29, 1.82) is 0 Å². The molecule has 9 heteroatoms. The summed E-state index contributed by atoms with van der Waals surface area (Å²) in [6.45, 7) is 1.82. The van der Waals surface area contributed by atoms with Gasteiger partial charge in [0.05, 0.1) is 0 Å². The number of ether oxygens (including phenoxy) is 3. The number of amides is 2. The first-order valence-corrected chi connectivity index (χ1v) is 8.86. The third-order valence-corrected chi connectivity index (χ3v) is 3.97. The standard InChI is InChI=1S/C20H19FN2O6/c1-12(19(25)23-15-5-6-16-17(10-15)28-8-7-27-16)29-18(24)11-22-20(26)13-3-2-4-14(21)9-13/h2-6,9-10,12H,7-8,11H2,1H3,(H,22,26)(H,23,25)/t12-/m1/s1. The number of esters is 1. The normalized spacial score (nSPS) is 13.2. The van der Waals surface area contributed by atoms with Crippen LogP contribution in [0.3, 0.4) is 0 Å². The Labute approximate surface area is 165 Å². The Balaban J connectivity index is 1.47. The first kappa shape index (κ1) is 20.1. The summed E-state index contributed by atoms with van der Waals surface area (Å²) < 4.78 is 29.0. The molecule has 0 saturated heterocycles. The predicted molar refractivity (Wildman–Crippen MR) is 100 cm³/mol. The van der Waals surface area contributed by atoms with E-state index in [1.54, 1.807) is 18.2 Å². The highest BCUT2D eigenvalue weighted by molar-refractivity contribution is 5.97.